The zero-order chi connectivity index (χ0) is 14.7. The van der Waals surface area contributed by atoms with Crippen molar-refractivity contribution < 1.29 is 0 Å². The second-order valence-electron chi connectivity index (χ2n) is 8.39. The standard InChI is InChI=1S/C17H35N/c1-12(2)16(9)14(5,6)18(11)15(7,8)17(16,10)13(3)4/h12-13H,1-11H3. The Hall–Kier alpha value is -0.0400. The summed E-state index contributed by atoms with van der Waals surface area (Å²) in [6.45, 7) is 24.4. The van der Waals surface area contributed by atoms with Gasteiger partial charge >= 0.3 is 0 Å². The molecule has 0 radical (unpaired) electrons. The van der Waals surface area contributed by atoms with E-state index in [0.29, 0.717) is 22.7 Å². The first kappa shape index (κ1) is 16.0. The summed E-state index contributed by atoms with van der Waals surface area (Å²) in [5.74, 6) is 1.34. The molecule has 0 aromatic rings. The van der Waals surface area contributed by atoms with Gasteiger partial charge in [0.15, 0.2) is 0 Å². The molecule has 0 aromatic heterocycles. The van der Waals surface area contributed by atoms with Crippen LogP contribution in [0.5, 0.6) is 0 Å². The Morgan fingerprint density at radius 3 is 1.00 bits per heavy atom. The molecule has 0 bridgehead atoms. The maximum Gasteiger partial charge on any atom is 0.0217 e. The van der Waals surface area contributed by atoms with Crippen molar-refractivity contribution in [1.29, 1.82) is 0 Å². The molecule has 2 unspecified atom stereocenters. The van der Waals surface area contributed by atoms with Gasteiger partial charge in [0.25, 0.3) is 0 Å². The van der Waals surface area contributed by atoms with E-state index in [2.05, 4.69) is 81.2 Å². The number of nitrogens with zero attached hydrogens (tertiary/aromatic N) is 1. The minimum atomic E-state index is 0.212. The van der Waals surface area contributed by atoms with Crippen LogP contribution in [0.3, 0.4) is 0 Å². The third-order valence-electron chi connectivity index (χ3n) is 7.61. The Bertz CT molecular complexity index is 295. The smallest absolute Gasteiger partial charge is 0.0217 e. The molecular weight excluding hydrogens is 218 g/mol. The molecule has 1 aliphatic rings. The van der Waals surface area contributed by atoms with Gasteiger partial charge in [0.2, 0.25) is 0 Å². The van der Waals surface area contributed by atoms with Gasteiger partial charge in [-0.3, -0.25) is 4.90 Å². The van der Waals surface area contributed by atoms with Crippen molar-refractivity contribution in [2.75, 3.05) is 7.05 Å². The van der Waals surface area contributed by atoms with Gasteiger partial charge in [-0.15, -0.1) is 0 Å². The summed E-state index contributed by atoms with van der Waals surface area (Å²) in [6.07, 6.45) is 0. The highest BCUT2D eigenvalue weighted by atomic mass is 15.3. The van der Waals surface area contributed by atoms with Gasteiger partial charge in [-0.2, -0.15) is 0 Å². The van der Waals surface area contributed by atoms with Crippen LogP contribution < -0.4 is 0 Å². The van der Waals surface area contributed by atoms with Crippen LogP contribution in [0, 0.1) is 22.7 Å². The number of hydrogen-bond donors (Lipinski definition) is 0. The second kappa shape index (κ2) is 3.98. The van der Waals surface area contributed by atoms with E-state index in [4.69, 9.17) is 0 Å². The van der Waals surface area contributed by atoms with Gasteiger partial charge in [-0.1, -0.05) is 41.5 Å². The van der Waals surface area contributed by atoms with Crippen molar-refractivity contribution in [2.24, 2.45) is 22.7 Å². The lowest BCUT2D eigenvalue weighted by Crippen LogP contribution is -2.55. The molecule has 2 atom stereocenters. The van der Waals surface area contributed by atoms with Crippen molar-refractivity contribution >= 4 is 0 Å². The van der Waals surface area contributed by atoms with Gasteiger partial charge in [0, 0.05) is 11.1 Å². The molecule has 1 heterocycles. The Labute approximate surface area is 115 Å². The lowest BCUT2D eigenvalue weighted by atomic mass is 9.48. The molecule has 1 saturated heterocycles. The average molecular weight is 253 g/mol. The minimum absolute atomic E-state index is 0.212. The predicted octanol–water partition coefficient (Wildman–Crippen LogP) is 4.81. The third kappa shape index (κ3) is 1.38. The molecule has 1 aliphatic heterocycles. The molecule has 1 heteroatoms. The van der Waals surface area contributed by atoms with Gasteiger partial charge in [0.1, 0.15) is 0 Å². The van der Waals surface area contributed by atoms with Crippen molar-refractivity contribution in [1.82, 2.24) is 4.90 Å². The van der Waals surface area contributed by atoms with Crippen molar-refractivity contribution in [3.63, 3.8) is 0 Å². The molecule has 1 nitrogen and oxygen atoms in total. The minimum Gasteiger partial charge on any atom is -0.295 e. The maximum absolute atomic E-state index is 2.62. The molecule has 18 heavy (non-hydrogen) atoms. The van der Waals surface area contributed by atoms with Gasteiger partial charge in [-0.05, 0) is 57.4 Å². The summed E-state index contributed by atoms with van der Waals surface area (Å²) < 4.78 is 0. The van der Waals surface area contributed by atoms with E-state index in [1.807, 2.05) is 0 Å². The summed E-state index contributed by atoms with van der Waals surface area (Å²) in [5.41, 5.74) is 1.02. The highest BCUT2D eigenvalue weighted by Crippen LogP contribution is 2.68. The Kier molecular flexibility index (Phi) is 3.54. The molecule has 1 fully saturated rings. The fourth-order valence-electron chi connectivity index (χ4n) is 5.28. The Balaban J connectivity index is 3.64. The summed E-state index contributed by atoms with van der Waals surface area (Å²) >= 11 is 0. The molecule has 0 spiro atoms. The molecule has 0 aromatic carbocycles. The van der Waals surface area contributed by atoms with Crippen LogP contribution in [0.4, 0.5) is 0 Å². The predicted molar refractivity (Wildman–Crippen MR) is 81.8 cm³/mol. The first-order valence-corrected chi connectivity index (χ1v) is 7.53. The van der Waals surface area contributed by atoms with Crippen LogP contribution in [-0.4, -0.2) is 23.0 Å². The van der Waals surface area contributed by atoms with E-state index >= 15 is 0 Å². The molecule has 108 valence electrons. The summed E-state index contributed by atoms with van der Waals surface area (Å²) in [5, 5.41) is 0. The largest absolute Gasteiger partial charge is 0.295 e. The van der Waals surface area contributed by atoms with E-state index < -0.39 is 0 Å². The zero-order valence-electron chi connectivity index (χ0n) is 14.6. The van der Waals surface area contributed by atoms with Crippen molar-refractivity contribution in [3.8, 4) is 0 Å². The van der Waals surface area contributed by atoms with Crippen molar-refractivity contribution in [3.05, 3.63) is 0 Å². The highest BCUT2D eigenvalue weighted by molar-refractivity contribution is 5.23. The molecule has 0 saturated carbocycles. The first-order chi connectivity index (χ1) is 7.79. The highest BCUT2D eigenvalue weighted by Gasteiger charge is 2.71. The summed E-state index contributed by atoms with van der Waals surface area (Å²) in [4.78, 5) is 2.62. The van der Waals surface area contributed by atoms with Crippen LogP contribution in [0.1, 0.15) is 69.2 Å². The number of hydrogen-bond acceptors (Lipinski definition) is 1. The van der Waals surface area contributed by atoms with E-state index in [9.17, 15) is 0 Å². The van der Waals surface area contributed by atoms with E-state index in [1.54, 1.807) is 0 Å². The van der Waals surface area contributed by atoms with Crippen LogP contribution in [0.2, 0.25) is 0 Å². The van der Waals surface area contributed by atoms with Crippen LogP contribution >= 0.6 is 0 Å². The van der Waals surface area contributed by atoms with E-state index in [0.717, 1.165) is 0 Å². The zero-order valence-corrected chi connectivity index (χ0v) is 14.6. The lowest BCUT2D eigenvalue weighted by Gasteiger charge is -2.55. The topological polar surface area (TPSA) is 3.24 Å². The van der Waals surface area contributed by atoms with Crippen LogP contribution in [-0.2, 0) is 0 Å². The van der Waals surface area contributed by atoms with Gasteiger partial charge < -0.3 is 0 Å². The van der Waals surface area contributed by atoms with Gasteiger partial charge in [0.05, 0.1) is 0 Å². The van der Waals surface area contributed by atoms with E-state index in [1.165, 1.54) is 0 Å². The SMILES string of the molecule is CC(C)C1(C)C(C)(C)N(C)C(C)(C)C1(C)C(C)C. The molecular formula is C17H35N. The third-order valence-corrected chi connectivity index (χ3v) is 7.61. The molecule has 0 amide bonds. The first-order valence-electron chi connectivity index (χ1n) is 7.53. The average Bonchev–Trinajstić information content (AvgIpc) is 2.30. The number of rotatable bonds is 2. The monoisotopic (exact) mass is 253 g/mol. The maximum atomic E-state index is 2.62. The lowest BCUT2D eigenvalue weighted by molar-refractivity contribution is -0.0473. The van der Waals surface area contributed by atoms with Crippen LogP contribution in [0.15, 0.2) is 0 Å². The summed E-state index contributed by atoms with van der Waals surface area (Å²) in [6, 6.07) is 0. The molecule has 0 N–H and O–H groups in total. The van der Waals surface area contributed by atoms with Crippen molar-refractivity contribution in [2.45, 2.75) is 80.3 Å². The van der Waals surface area contributed by atoms with E-state index in [-0.39, 0.29) is 11.1 Å². The Morgan fingerprint density at radius 2 is 0.833 bits per heavy atom. The fraction of sp³-hybridized carbons (Fsp3) is 1.00. The quantitative estimate of drug-likeness (QED) is 0.682. The van der Waals surface area contributed by atoms with Gasteiger partial charge in [-0.25, -0.2) is 0 Å². The number of likely N-dealkylation sites (tertiary alicyclic amines) is 1. The molecule has 1 rings (SSSR count). The summed E-state index contributed by atoms with van der Waals surface area (Å²) in [7, 11) is 2.31. The normalized spacial score (nSPS) is 39.8. The second-order valence-corrected chi connectivity index (χ2v) is 8.39. The molecule has 0 aliphatic carbocycles. The Morgan fingerprint density at radius 1 is 0.611 bits per heavy atom. The van der Waals surface area contributed by atoms with Crippen LogP contribution in [0.25, 0.3) is 0 Å². The fourth-order valence-corrected chi connectivity index (χ4v) is 5.28.